The van der Waals surface area contributed by atoms with Crippen molar-refractivity contribution in [2.45, 2.75) is 73.8 Å². The van der Waals surface area contributed by atoms with Gasteiger partial charge in [-0.2, -0.15) is 0 Å². The van der Waals surface area contributed by atoms with Crippen molar-refractivity contribution in [3.8, 4) is 0 Å². The molecule has 0 aromatic heterocycles. The first-order valence-electron chi connectivity index (χ1n) is 6.80. The van der Waals surface area contributed by atoms with Crippen LogP contribution in [0.15, 0.2) is 3.37 Å². The Hall–Kier alpha value is 1.30. The Morgan fingerprint density at radius 1 is 0.706 bits per heavy atom. The molecule has 2 rings (SSSR count). The molecule has 17 heavy (non-hydrogen) atoms. The molecule has 0 spiro atoms. The molecule has 102 valence electrons. The van der Waals surface area contributed by atoms with Crippen LogP contribution in [-0.4, -0.2) is 29.9 Å². The van der Waals surface area contributed by atoms with Gasteiger partial charge in [-0.25, -0.2) is 0 Å². The second kappa shape index (κ2) is 9.24. The Kier molecular flexibility index (Phi) is 8.89. The molecule has 0 bridgehead atoms. The fourth-order valence-electron chi connectivity index (χ4n) is 2.72. The van der Waals surface area contributed by atoms with Gasteiger partial charge in [-0.3, -0.25) is 0 Å². The molecule has 0 amide bonds. The third-order valence-electron chi connectivity index (χ3n) is 3.67. The molecule has 0 aliphatic heterocycles. The average Bonchev–Trinajstić information content (AvgIpc) is 2.31. The summed E-state index contributed by atoms with van der Waals surface area (Å²) in [4.78, 5) is 2.01. The van der Waals surface area contributed by atoms with Crippen LogP contribution in [0.4, 0.5) is 0 Å². The first-order chi connectivity index (χ1) is 7.84. The molecule has 0 aromatic carbocycles. The van der Waals surface area contributed by atoms with Gasteiger partial charge in [0.05, 0.1) is 0 Å². The van der Waals surface area contributed by atoms with Crippen molar-refractivity contribution in [3.05, 3.63) is 9.95 Å². The molecule has 0 N–H and O–H groups in total. The van der Waals surface area contributed by atoms with Crippen LogP contribution >= 0.6 is 0 Å². The van der Waals surface area contributed by atoms with Crippen LogP contribution in [0.2, 0.25) is 9.63 Å². The van der Waals surface area contributed by atoms with Gasteiger partial charge in [0.2, 0.25) is 0 Å². The minimum Gasteiger partial charge on any atom is 1.00 e. The van der Waals surface area contributed by atoms with Gasteiger partial charge in [-0.15, -0.1) is 0 Å². The van der Waals surface area contributed by atoms with E-state index < -0.39 is 0 Å². The molecule has 0 atom stereocenters. The molecule has 0 nitrogen and oxygen atoms in total. The van der Waals surface area contributed by atoms with Gasteiger partial charge in [0, 0.05) is 0 Å². The Morgan fingerprint density at radius 3 is 1.41 bits per heavy atom. The summed E-state index contributed by atoms with van der Waals surface area (Å²) in [5.74, 6) is 0. The fraction of sp³-hybridized carbons (Fsp3) is 0.857. The molecule has 2 aliphatic carbocycles. The van der Waals surface area contributed by atoms with Gasteiger partial charge in [-0.1, -0.05) is 0 Å². The molecule has 2 aliphatic rings. The van der Waals surface area contributed by atoms with Crippen molar-refractivity contribution in [2.24, 2.45) is 0 Å². The molecule has 0 aromatic rings. The summed E-state index contributed by atoms with van der Waals surface area (Å²) in [6.07, 6.45) is 14.7. The van der Waals surface area contributed by atoms with Gasteiger partial charge in [-0.05, 0) is 0 Å². The Balaban J connectivity index is 0.00000144. The summed E-state index contributed by atoms with van der Waals surface area (Å²) in [6.45, 7) is 6.31. The summed E-state index contributed by atoms with van der Waals surface area (Å²) in [5, 5.41) is 0. The molecule has 0 saturated heterocycles. The third-order valence-corrected chi connectivity index (χ3v) is 10.1. The zero-order valence-corrected chi connectivity index (χ0v) is 14.8. The van der Waals surface area contributed by atoms with E-state index in [1.165, 1.54) is 67.6 Å². The molecule has 2 fully saturated rings. The van der Waals surface area contributed by atoms with Crippen molar-refractivity contribution in [1.29, 1.82) is 0 Å². The summed E-state index contributed by atoms with van der Waals surface area (Å²) in [6, 6.07) is 0. The largest absolute Gasteiger partial charge is 1.00 e. The maximum absolute atomic E-state index is 6.31. The summed E-state index contributed by atoms with van der Waals surface area (Å²) in [7, 11) is 0. The van der Waals surface area contributed by atoms with Crippen LogP contribution in [0, 0.1) is 6.58 Å². The monoisotopic (exact) mass is 414 g/mol. The predicted octanol–water partition coefficient (Wildman–Crippen LogP) is 4.17. The van der Waals surface area contributed by atoms with E-state index in [1.807, 2.05) is 0 Å². The first-order valence-corrected chi connectivity index (χ1v) is 10.5. The van der Waals surface area contributed by atoms with E-state index in [4.69, 9.17) is 6.58 Å². The van der Waals surface area contributed by atoms with Gasteiger partial charge in [0.15, 0.2) is 0 Å². The summed E-state index contributed by atoms with van der Waals surface area (Å²) >= 11 is 1.36. The van der Waals surface area contributed by atoms with Crippen LogP contribution < -0.4 is 0 Å². The zero-order valence-electron chi connectivity index (χ0n) is 10.4. The van der Waals surface area contributed by atoms with Crippen molar-refractivity contribution in [2.75, 3.05) is 0 Å². The minimum absolute atomic E-state index is 0. The zero-order chi connectivity index (χ0) is 11.2. The minimum atomic E-state index is 0. The van der Waals surface area contributed by atoms with E-state index in [0.717, 1.165) is 9.63 Å². The number of hydrogen-bond acceptors (Lipinski definition) is 0. The number of hydrogen-bond donors (Lipinski definition) is 0. The van der Waals surface area contributed by atoms with Gasteiger partial charge < -0.3 is 0 Å². The molecule has 2 saturated carbocycles. The van der Waals surface area contributed by atoms with Gasteiger partial charge in [0.1, 0.15) is 0 Å². The SMILES string of the molecule is [CH-]=C([Se]C1CCCCC1)[Se]C1CCCCC1.[Cu+]. The molecular formula is C14H23CuSe2. The van der Waals surface area contributed by atoms with E-state index in [0.29, 0.717) is 29.9 Å². The second-order valence-corrected chi connectivity index (χ2v) is 12.0. The van der Waals surface area contributed by atoms with E-state index in [9.17, 15) is 0 Å². The Labute approximate surface area is 130 Å². The van der Waals surface area contributed by atoms with E-state index in [1.54, 1.807) is 0 Å². The van der Waals surface area contributed by atoms with E-state index in [-0.39, 0.29) is 17.1 Å². The van der Waals surface area contributed by atoms with Crippen LogP contribution in [0.5, 0.6) is 0 Å². The Bertz CT molecular complexity index is 196. The predicted molar refractivity (Wildman–Crippen MR) is 73.0 cm³/mol. The van der Waals surface area contributed by atoms with Crippen LogP contribution in [0.3, 0.4) is 0 Å². The van der Waals surface area contributed by atoms with Crippen molar-refractivity contribution >= 4 is 29.9 Å². The molecule has 3 heteroatoms. The maximum Gasteiger partial charge on any atom is 1.00 e. The van der Waals surface area contributed by atoms with Crippen molar-refractivity contribution in [3.63, 3.8) is 0 Å². The number of rotatable bonds is 4. The molecule has 0 heterocycles. The smallest absolute Gasteiger partial charge is 1.00 e. The molecule has 0 unspecified atom stereocenters. The van der Waals surface area contributed by atoms with E-state index in [2.05, 4.69) is 0 Å². The summed E-state index contributed by atoms with van der Waals surface area (Å²) < 4.78 is 1.44. The standard InChI is InChI=1S/C14H23Se2.Cu/c1-12(15-13-8-4-2-5-9-13)16-14-10-6-3-7-11-14;/h1,13-14H,2-11H2;/q-1;+1. The molecule has 0 radical (unpaired) electrons. The third kappa shape index (κ3) is 6.33. The van der Waals surface area contributed by atoms with Crippen LogP contribution in [0.1, 0.15) is 64.2 Å². The van der Waals surface area contributed by atoms with Crippen LogP contribution in [-0.2, 0) is 17.1 Å². The topological polar surface area (TPSA) is 0 Å². The second-order valence-electron chi connectivity index (χ2n) is 5.07. The molecular weight excluding hydrogens is 390 g/mol. The fourth-order valence-corrected chi connectivity index (χ4v) is 10.2. The van der Waals surface area contributed by atoms with Crippen molar-refractivity contribution in [1.82, 2.24) is 0 Å². The van der Waals surface area contributed by atoms with Crippen molar-refractivity contribution < 1.29 is 17.1 Å². The normalized spacial score (nSPS) is 23.1. The van der Waals surface area contributed by atoms with Crippen LogP contribution in [0.25, 0.3) is 0 Å². The van der Waals surface area contributed by atoms with Gasteiger partial charge >= 0.3 is 131 Å². The quantitative estimate of drug-likeness (QED) is 0.480. The van der Waals surface area contributed by atoms with Gasteiger partial charge in [0.25, 0.3) is 0 Å². The maximum atomic E-state index is 6.31. The van der Waals surface area contributed by atoms with E-state index >= 15 is 0 Å². The average molecular weight is 413 g/mol. The Morgan fingerprint density at radius 2 is 1.06 bits per heavy atom. The summed E-state index contributed by atoms with van der Waals surface area (Å²) in [5.41, 5.74) is 0. The first kappa shape index (κ1) is 16.4.